The summed E-state index contributed by atoms with van der Waals surface area (Å²) in [6, 6.07) is 17.0. The summed E-state index contributed by atoms with van der Waals surface area (Å²) in [5.74, 6) is 0. The van der Waals surface area contributed by atoms with Crippen LogP contribution in [0, 0.1) is 0 Å². The van der Waals surface area contributed by atoms with Crippen molar-refractivity contribution in [2.45, 2.75) is 18.0 Å². The molecule has 1 aliphatic heterocycles. The maximum atomic E-state index is 12.8. The molecule has 1 aromatic heterocycles. The highest BCUT2D eigenvalue weighted by Crippen LogP contribution is 2.27. The fourth-order valence-electron chi connectivity index (χ4n) is 3.09. The van der Waals surface area contributed by atoms with Crippen LogP contribution < -0.4 is 0 Å². The minimum absolute atomic E-state index is 0.338. The van der Waals surface area contributed by atoms with Gasteiger partial charge in [-0.25, -0.2) is 8.42 Å². The zero-order valence-corrected chi connectivity index (χ0v) is 14.7. The van der Waals surface area contributed by atoms with E-state index in [1.165, 1.54) is 5.52 Å². The van der Waals surface area contributed by atoms with Crippen LogP contribution in [0.25, 0.3) is 10.9 Å². The lowest BCUT2D eigenvalue weighted by Crippen LogP contribution is -2.37. The average molecular weight is 391 g/mol. The molecule has 0 amide bonds. The van der Waals surface area contributed by atoms with Gasteiger partial charge in [-0.15, -0.1) is 0 Å². The largest absolute Gasteiger partial charge is 0.342 e. The molecule has 0 saturated carbocycles. The van der Waals surface area contributed by atoms with Crippen molar-refractivity contribution in [2.24, 2.45) is 0 Å². The van der Waals surface area contributed by atoms with Crippen LogP contribution in [0.2, 0.25) is 0 Å². The lowest BCUT2D eigenvalue weighted by atomic mass is 10.2. The summed E-state index contributed by atoms with van der Waals surface area (Å²) < 4.78 is 30.3. The van der Waals surface area contributed by atoms with Crippen molar-refractivity contribution in [2.75, 3.05) is 6.54 Å². The van der Waals surface area contributed by atoms with Gasteiger partial charge >= 0.3 is 0 Å². The Balaban J connectivity index is 1.71. The average Bonchev–Trinajstić information content (AvgIpc) is 2.93. The number of hydrogen-bond donors (Lipinski definition) is 0. The summed E-state index contributed by atoms with van der Waals surface area (Å²) in [6.45, 7) is 1.58. The van der Waals surface area contributed by atoms with E-state index in [2.05, 4.69) is 38.7 Å². The number of halogens is 1. The number of hydrogen-bond acceptors (Lipinski definition) is 2. The van der Waals surface area contributed by atoms with E-state index in [0.717, 1.165) is 15.6 Å². The molecule has 0 atom stereocenters. The maximum absolute atomic E-state index is 12.8. The minimum atomic E-state index is -3.46. The van der Waals surface area contributed by atoms with Gasteiger partial charge in [-0.3, -0.25) is 0 Å². The Kier molecular flexibility index (Phi) is 3.55. The fraction of sp³-hybridized carbons (Fsp3) is 0.176. The lowest BCUT2D eigenvalue weighted by molar-refractivity contribution is 0.345. The van der Waals surface area contributed by atoms with Gasteiger partial charge in [0.25, 0.3) is 0 Å². The van der Waals surface area contributed by atoms with Gasteiger partial charge in [0.15, 0.2) is 0 Å². The molecule has 6 heteroatoms. The number of rotatable bonds is 2. The third kappa shape index (κ3) is 2.51. The van der Waals surface area contributed by atoms with Crippen LogP contribution in [0.4, 0.5) is 0 Å². The van der Waals surface area contributed by atoms with Crippen molar-refractivity contribution >= 4 is 36.9 Å². The van der Waals surface area contributed by atoms with Gasteiger partial charge in [0.1, 0.15) is 0 Å². The zero-order chi connectivity index (χ0) is 16.0. The Labute approximate surface area is 143 Å². The van der Waals surface area contributed by atoms with E-state index in [0.29, 0.717) is 24.5 Å². The molecule has 0 spiro atoms. The van der Waals surface area contributed by atoms with Crippen molar-refractivity contribution in [3.63, 3.8) is 0 Å². The Morgan fingerprint density at radius 1 is 0.957 bits per heavy atom. The van der Waals surface area contributed by atoms with Crippen LogP contribution >= 0.6 is 15.9 Å². The molecular formula is C17H15BrN2O2S. The van der Waals surface area contributed by atoms with E-state index in [1.807, 2.05) is 12.1 Å². The summed E-state index contributed by atoms with van der Waals surface area (Å²) in [5, 5.41) is 1.16. The second kappa shape index (κ2) is 5.47. The predicted octanol–water partition coefficient (Wildman–Crippen LogP) is 3.61. The van der Waals surface area contributed by atoms with Gasteiger partial charge in [0, 0.05) is 28.8 Å². The molecule has 1 aliphatic rings. The number of nitrogens with zero attached hydrogens (tertiary/aromatic N) is 2. The van der Waals surface area contributed by atoms with Crippen molar-refractivity contribution < 1.29 is 8.42 Å². The lowest BCUT2D eigenvalue weighted by Gasteiger charge is -2.28. The highest BCUT2D eigenvalue weighted by Gasteiger charge is 2.29. The summed E-state index contributed by atoms with van der Waals surface area (Å²) in [7, 11) is -3.46. The van der Waals surface area contributed by atoms with Gasteiger partial charge in [-0.2, -0.15) is 4.31 Å². The van der Waals surface area contributed by atoms with Gasteiger partial charge < -0.3 is 4.57 Å². The van der Waals surface area contributed by atoms with Crippen molar-refractivity contribution in [3.05, 3.63) is 64.8 Å². The van der Waals surface area contributed by atoms with Gasteiger partial charge in [0.05, 0.1) is 11.4 Å². The first-order valence-electron chi connectivity index (χ1n) is 7.38. The molecule has 23 heavy (non-hydrogen) atoms. The van der Waals surface area contributed by atoms with E-state index in [4.69, 9.17) is 0 Å². The Hall–Kier alpha value is -1.63. The molecule has 2 aromatic carbocycles. The summed E-state index contributed by atoms with van der Waals surface area (Å²) in [5.41, 5.74) is 2.21. The molecule has 118 valence electrons. The second-order valence-corrected chi connectivity index (χ2v) is 8.49. The highest BCUT2D eigenvalue weighted by atomic mass is 79.9. The quantitative estimate of drug-likeness (QED) is 0.670. The highest BCUT2D eigenvalue weighted by molar-refractivity contribution is 9.10. The molecule has 0 fully saturated rings. The first-order chi connectivity index (χ1) is 11.1. The molecule has 2 heterocycles. The van der Waals surface area contributed by atoms with Crippen LogP contribution in [-0.4, -0.2) is 23.8 Å². The molecule has 3 aromatic rings. The molecular weight excluding hydrogens is 376 g/mol. The van der Waals surface area contributed by atoms with Crippen LogP contribution in [0.1, 0.15) is 5.69 Å². The van der Waals surface area contributed by atoms with Crippen LogP contribution in [0.15, 0.2) is 64.0 Å². The normalized spacial score (nSPS) is 15.7. The molecule has 0 saturated heterocycles. The Morgan fingerprint density at radius 3 is 2.48 bits per heavy atom. The molecule has 4 rings (SSSR count). The molecule has 0 radical (unpaired) electrons. The first kappa shape index (κ1) is 14.9. The van der Waals surface area contributed by atoms with Crippen molar-refractivity contribution in [1.29, 1.82) is 0 Å². The predicted molar refractivity (Wildman–Crippen MR) is 93.7 cm³/mol. The van der Waals surface area contributed by atoms with Crippen molar-refractivity contribution in [3.8, 4) is 0 Å². The smallest absolute Gasteiger partial charge is 0.243 e. The molecule has 0 N–H and O–H groups in total. The SMILES string of the molecule is O=S(=O)(c1ccc(Br)cc1)N1CCn2c(cc3ccccc32)C1. The number of para-hydroxylation sites is 1. The third-order valence-corrected chi connectivity index (χ3v) is 6.65. The number of fused-ring (bicyclic) bond motifs is 3. The monoisotopic (exact) mass is 390 g/mol. The van der Waals surface area contributed by atoms with Gasteiger partial charge in [-0.1, -0.05) is 34.1 Å². The second-order valence-electron chi connectivity index (χ2n) is 5.64. The van der Waals surface area contributed by atoms with Gasteiger partial charge in [0.2, 0.25) is 10.0 Å². The van der Waals surface area contributed by atoms with Crippen molar-refractivity contribution in [1.82, 2.24) is 8.87 Å². The topological polar surface area (TPSA) is 42.3 Å². The molecule has 4 nitrogen and oxygen atoms in total. The third-order valence-electron chi connectivity index (χ3n) is 4.26. The number of aromatic nitrogens is 1. The fourth-order valence-corrected chi connectivity index (χ4v) is 4.76. The standard InChI is InChI=1S/C17H15BrN2O2S/c18-14-5-7-16(8-6-14)23(21,22)19-9-10-20-15(12-19)11-13-3-1-2-4-17(13)20/h1-8,11H,9-10,12H2. The Bertz CT molecular complexity index is 978. The number of sulfonamides is 1. The number of benzene rings is 2. The molecule has 0 unspecified atom stereocenters. The zero-order valence-electron chi connectivity index (χ0n) is 12.3. The van der Waals surface area contributed by atoms with E-state index in [-0.39, 0.29) is 0 Å². The molecule has 0 aliphatic carbocycles. The van der Waals surface area contributed by atoms with E-state index < -0.39 is 10.0 Å². The van der Waals surface area contributed by atoms with Gasteiger partial charge in [-0.05, 0) is 41.8 Å². The van der Waals surface area contributed by atoms with Crippen LogP contribution in [-0.2, 0) is 23.1 Å². The van der Waals surface area contributed by atoms with E-state index >= 15 is 0 Å². The molecule has 0 bridgehead atoms. The summed E-state index contributed by atoms with van der Waals surface area (Å²) in [6.07, 6.45) is 0. The first-order valence-corrected chi connectivity index (χ1v) is 9.62. The maximum Gasteiger partial charge on any atom is 0.243 e. The Morgan fingerprint density at radius 2 is 1.70 bits per heavy atom. The van der Waals surface area contributed by atoms with Crippen LogP contribution in [0.5, 0.6) is 0 Å². The minimum Gasteiger partial charge on any atom is -0.342 e. The summed E-state index contributed by atoms with van der Waals surface area (Å²) >= 11 is 3.34. The van der Waals surface area contributed by atoms with E-state index in [9.17, 15) is 8.42 Å². The van der Waals surface area contributed by atoms with E-state index in [1.54, 1.807) is 28.6 Å². The summed E-state index contributed by atoms with van der Waals surface area (Å²) in [4.78, 5) is 0.338. The van der Waals surface area contributed by atoms with Crippen LogP contribution in [0.3, 0.4) is 0 Å².